The summed E-state index contributed by atoms with van der Waals surface area (Å²) < 4.78 is 5.16. The van der Waals surface area contributed by atoms with Gasteiger partial charge in [0.15, 0.2) is 5.82 Å². The van der Waals surface area contributed by atoms with Crippen molar-refractivity contribution >= 4 is 11.5 Å². The van der Waals surface area contributed by atoms with Gasteiger partial charge in [-0.15, -0.1) is 0 Å². The molecule has 0 aromatic carbocycles. The lowest BCUT2D eigenvalue weighted by Crippen LogP contribution is -2.26. The SMILES string of the molecule is COc1ncnc(N2CCCC(C(C)C)CC2)c1N. The number of methoxy groups -OCH3 is 1. The summed E-state index contributed by atoms with van der Waals surface area (Å²) in [4.78, 5) is 10.6. The van der Waals surface area contributed by atoms with Crippen molar-refractivity contribution in [2.45, 2.75) is 33.1 Å². The maximum atomic E-state index is 6.08. The van der Waals surface area contributed by atoms with Crippen LogP contribution in [0.3, 0.4) is 0 Å². The molecule has 1 saturated heterocycles. The van der Waals surface area contributed by atoms with Crippen LogP contribution in [0.25, 0.3) is 0 Å². The predicted molar refractivity (Wildman–Crippen MR) is 77.4 cm³/mol. The highest BCUT2D eigenvalue weighted by Gasteiger charge is 2.22. The van der Waals surface area contributed by atoms with Crippen LogP contribution in [0, 0.1) is 11.8 Å². The van der Waals surface area contributed by atoms with Gasteiger partial charge in [-0.1, -0.05) is 13.8 Å². The van der Waals surface area contributed by atoms with Gasteiger partial charge in [0.1, 0.15) is 12.0 Å². The number of aromatic nitrogens is 2. The lowest BCUT2D eigenvalue weighted by Gasteiger charge is -2.23. The Morgan fingerprint density at radius 2 is 2.11 bits per heavy atom. The number of hydrogen-bond acceptors (Lipinski definition) is 5. The highest BCUT2D eigenvalue weighted by Crippen LogP contribution is 2.31. The minimum Gasteiger partial charge on any atom is -0.479 e. The van der Waals surface area contributed by atoms with E-state index >= 15 is 0 Å². The maximum absolute atomic E-state index is 6.08. The molecule has 0 spiro atoms. The van der Waals surface area contributed by atoms with Crippen molar-refractivity contribution in [3.8, 4) is 5.88 Å². The quantitative estimate of drug-likeness (QED) is 0.907. The zero-order valence-electron chi connectivity index (χ0n) is 12.1. The average Bonchev–Trinajstić information content (AvgIpc) is 2.65. The van der Waals surface area contributed by atoms with Crippen LogP contribution in [0.2, 0.25) is 0 Å². The molecule has 19 heavy (non-hydrogen) atoms. The second kappa shape index (κ2) is 6.08. The molecule has 2 rings (SSSR count). The van der Waals surface area contributed by atoms with Crippen LogP contribution in [0.15, 0.2) is 6.33 Å². The Labute approximate surface area is 115 Å². The summed E-state index contributed by atoms with van der Waals surface area (Å²) >= 11 is 0. The molecule has 5 heteroatoms. The zero-order chi connectivity index (χ0) is 13.8. The summed E-state index contributed by atoms with van der Waals surface area (Å²) in [5, 5.41) is 0. The molecule has 1 aromatic rings. The second-order valence-electron chi connectivity index (χ2n) is 5.54. The van der Waals surface area contributed by atoms with E-state index in [1.54, 1.807) is 7.11 Å². The van der Waals surface area contributed by atoms with E-state index in [0.717, 1.165) is 30.7 Å². The van der Waals surface area contributed by atoms with E-state index in [4.69, 9.17) is 10.5 Å². The normalized spacial score (nSPS) is 20.4. The van der Waals surface area contributed by atoms with Crippen molar-refractivity contribution < 1.29 is 4.74 Å². The first-order valence-corrected chi connectivity index (χ1v) is 7.03. The van der Waals surface area contributed by atoms with Crippen LogP contribution in [-0.4, -0.2) is 30.2 Å². The van der Waals surface area contributed by atoms with Gasteiger partial charge in [0.05, 0.1) is 7.11 Å². The van der Waals surface area contributed by atoms with Gasteiger partial charge in [0, 0.05) is 13.1 Å². The zero-order valence-corrected chi connectivity index (χ0v) is 12.1. The molecule has 0 aliphatic carbocycles. The fourth-order valence-corrected chi connectivity index (χ4v) is 2.79. The number of hydrogen-bond donors (Lipinski definition) is 1. The van der Waals surface area contributed by atoms with Crippen LogP contribution in [-0.2, 0) is 0 Å². The summed E-state index contributed by atoms with van der Waals surface area (Å²) in [6.45, 7) is 6.63. The molecule has 1 atom stereocenters. The highest BCUT2D eigenvalue weighted by molar-refractivity contribution is 5.67. The molecule has 0 bridgehead atoms. The highest BCUT2D eigenvalue weighted by atomic mass is 16.5. The smallest absolute Gasteiger partial charge is 0.242 e. The number of rotatable bonds is 3. The van der Waals surface area contributed by atoms with Gasteiger partial charge in [0.2, 0.25) is 5.88 Å². The Morgan fingerprint density at radius 3 is 2.79 bits per heavy atom. The molecule has 2 N–H and O–H groups in total. The molecule has 1 unspecified atom stereocenters. The van der Waals surface area contributed by atoms with Crippen LogP contribution >= 0.6 is 0 Å². The Morgan fingerprint density at radius 1 is 1.32 bits per heavy atom. The van der Waals surface area contributed by atoms with Crippen molar-refractivity contribution in [1.82, 2.24) is 9.97 Å². The van der Waals surface area contributed by atoms with Crippen molar-refractivity contribution in [3.63, 3.8) is 0 Å². The molecule has 2 heterocycles. The third-order valence-corrected chi connectivity index (χ3v) is 4.03. The molecule has 1 fully saturated rings. The first kappa shape index (κ1) is 13.9. The van der Waals surface area contributed by atoms with E-state index in [1.807, 2.05) is 0 Å². The summed E-state index contributed by atoms with van der Waals surface area (Å²) in [6.07, 6.45) is 5.20. The minimum absolute atomic E-state index is 0.467. The molecule has 106 valence electrons. The third-order valence-electron chi connectivity index (χ3n) is 4.03. The number of nitrogens with two attached hydrogens (primary N) is 1. The predicted octanol–water partition coefficient (Wildman–Crippen LogP) is 2.33. The van der Waals surface area contributed by atoms with Crippen molar-refractivity contribution in [2.24, 2.45) is 11.8 Å². The lowest BCUT2D eigenvalue weighted by atomic mass is 9.89. The topological polar surface area (TPSA) is 64.3 Å². The number of nitrogens with zero attached hydrogens (tertiary/aromatic N) is 3. The first-order chi connectivity index (χ1) is 9.13. The van der Waals surface area contributed by atoms with E-state index in [-0.39, 0.29) is 0 Å². The van der Waals surface area contributed by atoms with Crippen LogP contribution in [0.4, 0.5) is 11.5 Å². The van der Waals surface area contributed by atoms with Gasteiger partial charge in [0.25, 0.3) is 0 Å². The minimum atomic E-state index is 0.467. The van der Waals surface area contributed by atoms with Gasteiger partial charge < -0.3 is 15.4 Å². The van der Waals surface area contributed by atoms with Gasteiger partial charge in [-0.3, -0.25) is 0 Å². The van der Waals surface area contributed by atoms with Crippen LogP contribution in [0.1, 0.15) is 33.1 Å². The van der Waals surface area contributed by atoms with Gasteiger partial charge in [-0.05, 0) is 31.1 Å². The van der Waals surface area contributed by atoms with E-state index in [9.17, 15) is 0 Å². The number of ether oxygens (including phenoxy) is 1. The Balaban J connectivity index is 2.14. The summed E-state index contributed by atoms with van der Waals surface area (Å²) in [7, 11) is 1.58. The number of nitrogen functional groups attached to an aromatic ring is 1. The fraction of sp³-hybridized carbons (Fsp3) is 0.714. The molecular formula is C14H24N4O. The van der Waals surface area contributed by atoms with Crippen LogP contribution in [0.5, 0.6) is 5.88 Å². The molecule has 1 aromatic heterocycles. The van der Waals surface area contributed by atoms with Crippen LogP contribution < -0.4 is 15.4 Å². The Kier molecular flexibility index (Phi) is 4.45. The fourth-order valence-electron chi connectivity index (χ4n) is 2.79. The van der Waals surface area contributed by atoms with Gasteiger partial charge in [-0.25, -0.2) is 4.98 Å². The Hall–Kier alpha value is -1.52. The monoisotopic (exact) mass is 264 g/mol. The van der Waals surface area contributed by atoms with Gasteiger partial charge >= 0.3 is 0 Å². The van der Waals surface area contributed by atoms with Crippen molar-refractivity contribution in [2.75, 3.05) is 30.8 Å². The lowest BCUT2D eigenvalue weighted by molar-refractivity contribution is 0.351. The summed E-state index contributed by atoms with van der Waals surface area (Å²) in [5.41, 5.74) is 6.63. The molecule has 0 amide bonds. The van der Waals surface area contributed by atoms with Crippen molar-refractivity contribution in [1.29, 1.82) is 0 Å². The summed E-state index contributed by atoms with van der Waals surface area (Å²) in [6, 6.07) is 0. The molecule has 0 radical (unpaired) electrons. The Bertz CT molecular complexity index is 422. The maximum Gasteiger partial charge on any atom is 0.242 e. The molecule has 1 aliphatic rings. The standard InChI is InChI=1S/C14H24N4O/c1-10(2)11-5-4-7-18(8-6-11)13-12(15)14(19-3)17-9-16-13/h9-11H,4-8,15H2,1-3H3. The molecular weight excluding hydrogens is 240 g/mol. The van der Waals surface area contributed by atoms with E-state index in [1.165, 1.54) is 25.6 Å². The largest absolute Gasteiger partial charge is 0.479 e. The van der Waals surface area contributed by atoms with E-state index in [2.05, 4.69) is 28.7 Å². The molecule has 0 saturated carbocycles. The number of anilines is 2. The summed E-state index contributed by atoms with van der Waals surface area (Å²) in [5.74, 6) is 2.83. The second-order valence-corrected chi connectivity index (χ2v) is 5.54. The first-order valence-electron chi connectivity index (χ1n) is 7.03. The molecule has 1 aliphatic heterocycles. The van der Waals surface area contributed by atoms with E-state index in [0.29, 0.717) is 11.6 Å². The van der Waals surface area contributed by atoms with Gasteiger partial charge in [-0.2, -0.15) is 4.98 Å². The van der Waals surface area contributed by atoms with Crippen molar-refractivity contribution in [3.05, 3.63) is 6.33 Å². The van der Waals surface area contributed by atoms with E-state index < -0.39 is 0 Å². The average molecular weight is 264 g/mol. The third kappa shape index (κ3) is 3.08. The molecule has 5 nitrogen and oxygen atoms in total.